The van der Waals surface area contributed by atoms with Crippen LogP contribution in [0.4, 0.5) is 0 Å². The first-order valence-corrected chi connectivity index (χ1v) is 6.40. The molecular formula is C15H21NO3. The quantitative estimate of drug-likeness (QED) is 0.828. The molecule has 1 rings (SSSR count). The maximum Gasteiger partial charge on any atom is 0.309 e. The molecule has 4 heteroatoms. The van der Waals surface area contributed by atoms with Gasteiger partial charge in [0.15, 0.2) is 0 Å². The summed E-state index contributed by atoms with van der Waals surface area (Å²) in [4.78, 5) is 22.9. The number of carboxylic acid groups (broad SMARTS) is 1. The fraction of sp³-hybridized carbons (Fsp3) is 0.467. The highest BCUT2D eigenvalue weighted by molar-refractivity contribution is 5.83. The van der Waals surface area contributed by atoms with Gasteiger partial charge in [-0.25, -0.2) is 0 Å². The molecule has 0 radical (unpaired) electrons. The van der Waals surface area contributed by atoms with E-state index in [4.69, 9.17) is 5.11 Å². The van der Waals surface area contributed by atoms with Crippen molar-refractivity contribution in [3.8, 4) is 0 Å². The van der Waals surface area contributed by atoms with Crippen molar-refractivity contribution in [3.05, 3.63) is 35.9 Å². The van der Waals surface area contributed by atoms with Crippen LogP contribution in [0.15, 0.2) is 30.3 Å². The van der Waals surface area contributed by atoms with Gasteiger partial charge in [0.2, 0.25) is 5.91 Å². The predicted octanol–water partition coefficient (Wildman–Crippen LogP) is 2.41. The van der Waals surface area contributed by atoms with E-state index >= 15 is 0 Å². The summed E-state index contributed by atoms with van der Waals surface area (Å²) in [6.45, 7) is 5.52. The molecule has 0 aromatic heterocycles. The summed E-state index contributed by atoms with van der Waals surface area (Å²) < 4.78 is 0. The summed E-state index contributed by atoms with van der Waals surface area (Å²) >= 11 is 0. The Morgan fingerprint density at radius 1 is 1.26 bits per heavy atom. The Balaban J connectivity index is 2.46. The maximum atomic E-state index is 11.9. The molecule has 1 unspecified atom stereocenters. The molecule has 0 heterocycles. The van der Waals surface area contributed by atoms with Crippen molar-refractivity contribution >= 4 is 11.9 Å². The first-order valence-electron chi connectivity index (χ1n) is 6.40. The maximum absolute atomic E-state index is 11.9. The normalized spacial score (nSPS) is 12.8. The van der Waals surface area contributed by atoms with Crippen LogP contribution in [0.3, 0.4) is 0 Å². The van der Waals surface area contributed by atoms with E-state index in [1.165, 1.54) is 0 Å². The average molecular weight is 263 g/mol. The largest absolute Gasteiger partial charge is 0.481 e. The Hall–Kier alpha value is -1.84. The van der Waals surface area contributed by atoms with Crippen LogP contribution < -0.4 is 5.32 Å². The zero-order valence-corrected chi connectivity index (χ0v) is 11.6. The van der Waals surface area contributed by atoms with Gasteiger partial charge in [-0.05, 0) is 32.8 Å². The highest BCUT2D eigenvalue weighted by atomic mass is 16.4. The summed E-state index contributed by atoms with van der Waals surface area (Å²) in [7, 11) is 0. The molecule has 1 atom stereocenters. The molecular weight excluding hydrogens is 242 g/mol. The van der Waals surface area contributed by atoms with E-state index < -0.39 is 11.4 Å². The molecule has 0 fully saturated rings. The molecule has 2 N–H and O–H groups in total. The highest BCUT2D eigenvalue weighted by Crippen LogP contribution is 2.20. The van der Waals surface area contributed by atoms with Crippen LogP contribution in [0.25, 0.3) is 0 Å². The van der Waals surface area contributed by atoms with Crippen molar-refractivity contribution in [1.29, 1.82) is 0 Å². The second-order valence-electron chi connectivity index (χ2n) is 5.36. The molecule has 1 aromatic carbocycles. The molecule has 0 aliphatic rings. The van der Waals surface area contributed by atoms with Gasteiger partial charge >= 0.3 is 5.97 Å². The lowest BCUT2D eigenvalue weighted by Crippen LogP contribution is -2.33. The lowest BCUT2D eigenvalue weighted by Gasteiger charge is -2.20. The number of nitrogens with one attached hydrogen (secondary N) is 1. The molecule has 104 valence electrons. The zero-order valence-electron chi connectivity index (χ0n) is 11.6. The third-order valence-corrected chi connectivity index (χ3v) is 3.32. The molecule has 0 spiro atoms. The van der Waals surface area contributed by atoms with Crippen LogP contribution >= 0.6 is 0 Å². The monoisotopic (exact) mass is 263 g/mol. The Kier molecular flexibility index (Phi) is 5.10. The van der Waals surface area contributed by atoms with E-state index in [0.29, 0.717) is 13.0 Å². The molecule has 1 aromatic rings. The minimum atomic E-state index is -0.849. The number of hydrogen-bond acceptors (Lipinski definition) is 2. The summed E-state index contributed by atoms with van der Waals surface area (Å²) in [5, 5.41) is 11.8. The third-order valence-electron chi connectivity index (χ3n) is 3.32. The third kappa shape index (κ3) is 4.39. The van der Waals surface area contributed by atoms with Crippen molar-refractivity contribution in [2.45, 2.75) is 33.1 Å². The van der Waals surface area contributed by atoms with Crippen molar-refractivity contribution in [2.24, 2.45) is 5.41 Å². The minimum absolute atomic E-state index is 0.0765. The van der Waals surface area contributed by atoms with Crippen LogP contribution in [0, 0.1) is 5.41 Å². The molecule has 0 aliphatic carbocycles. The summed E-state index contributed by atoms with van der Waals surface area (Å²) in [6.07, 6.45) is 0.412. The second kappa shape index (κ2) is 6.36. The highest BCUT2D eigenvalue weighted by Gasteiger charge is 2.26. The number of amides is 1. The van der Waals surface area contributed by atoms with E-state index in [-0.39, 0.29) is 11.8 Å². The van der Waals surface area contributed by atoms with Gasteiger partial charge < -0.3 is 10.4 Å². The summed E-state index contributed by atoms with van der Waals surface area (Å²) in [5.41, 5.74) is 0.140. The van der Waals surface area contributed by atoms with Gasteiger partial charge in [0.25, 0.3) is 0 Å². The fourth-order valence-electron chi connectivity index (χ4n) is 1.65. The molecule has 0 saturated heterocycles. The topological polar surface area (TPSA) is 66.4 Å². The SMILES string of the molecule is CC(C(=O)NCCC(C)(C)C(=O)O)c1ccccc1. The number of aliphatic carboxylic acids is 1. The first kappa shape index (κ1) is 15.2. The molecule has 19 heavy (non-hydrogen) atoms. The zero-order chi connectivity index (χ0) is 14.5. The van der Waals surface area contributed by atoms with Crippen molar-refractivity contribution in [3.63, 3.8) is 0 Å². The number of benzene rings is 1. The predicted molar refractivity (Wildman–Crippen MR) is 73.9 cm³/mol. The summed E-state index contributed by atoms with van der Waals surface area (Å²) in [6, 6.07) is 9.51. The average Bonchev–Trinajstić information content (AvgIpc) is 2.38. The Labute approximate surface area is 113 Å². The lowest BCUT2D eigenvalue weighted by atomic mass is 9.89. The van der Waals surface area contributed by atoms with E-state index in [2.05, 4.69) is 5.32 Å². The van der Waals surface area contributed by atoms with Gasteiger partial charge in [-0.1, -0.05) is 30.3 Å². The molecule has 4 nitrogen and oxygen atoms in total. The standard InChI is InChI=1S/C15H21NO3/c1-11(12-7-5-4-6-8-12)13(17)16-10-9-15(2,3)14(18)19/h4-8,11H,9-10H2,1-3H3,(H,16,17)(H,18,19). The second-order valence-corrected chi connectivity index (χ2v) is 5.36. The number of carboxylic acids is 1. The van der Waals surface area contributed by atoms with Gasteiger partial charge in [0.1, 0.15) is 0 Å². The van der Waals surface area contributed by atoms with E-state index in [1.54, 1.807) is 13.8 Å². The van der Waals surface area contributed by atoms with Crippen molar-refractivity contribution < 1.29 is 14.7 Å². The number of carbonyl (C=O) groups is 2. The van der Waals surface area contributed by atoms with E-state index in [0.717, 1.165) is 5.56 Å². The van der Waals surface area contributed by atoms with Gasteiger partial charge in [-0.15, -0.1) is 0 Å². The number of hydrogen-bond donors (Lipinski definition) is 2. The number of carbonyl (C=O) groups excluding carboxylic acids is 1. The van der Waals surface area contributed by atoms with Crippen LogP contribution in [0.2, 0.25) is 0 Å². The molecule has 0 bridgehead atoms. The van der Waals surface area contributed by atoms with Crippen molar-refractivity contribution in [2.75, 3.05) is 6.54 Å². The van der Waals surface area contributed by atoms with E-state index in [9.17, 15) is 9.59 Å². The number of rotatable bonds is 6. The van der Waals surface area contributed by atoms with Gasteiger partial charge in [-0.2, -0.15) is 0 Å². The minimum Gasteiger partial charge on any atom is -0.481 e. The van der Waals surface area contributed by atoms with Crippen LogP contribution in [0.1, 0.15) is 38.7 Å². The van der Waals surface area contributed by atoms with Gasteiger partial charge in [-0.3, -0.25) is 9.59 Å². The molecule has 0 saturated carbocycles. The van der Waals surface area contributed by atoms with Gasteiger partial charge in [0.05, 0.1) is 11.3 Å². The summed E-state index contributed by atoms with van der Waals surface area (Å²) in [5.74, 6) is -1.15. The Morgan fingerprint density at radius 2 is 1.84 bits per heavy atom. The van der Waals surface area contributed by atoms with Gasteiger partial charge in [0, 0.05) is 6.54 Å². The molecule has 1 amide bonds. The molecule has 0 aliphatic heterocycles. The van der Waals surface area contributed by atoms with Crippen LogP contribution in [-0.4, -0.2) is 23.5 Å². The first-order chi connectivity index (χ1) is 8.84. The smallest absolute Gasteiger partial charge is 0.309 e. The Morgan fingerprint density at radius 3 is 2.37 bits per heavy atom. The van der Waals surface area contributed by atoms with Crippen molar-refractivity contribution in [1.82, 2.24) is 5.32 Å². The Bertz CT molecular complexity index is 440. The van der Waals surface area contributed by atoms with E-state index in [1.807, 2.05) is 37.3 Å². The lowest BCUT2D eigenvalue weighted by molar-refractivity contribution is -0.147. The fourth-order valence-corrected chi connectivity index (χ4v) is 1.65. The van der Waals surface area contributed by atoms with Crippen LogP contribution in [0.5, 0.6) is 0 Å². The van der Waals surface area contributed by atoms with Crippen LogP contribution in [-0.2, 0) is 9.59 Å².